The van der Waals surface area contributed by atoms with E-state index in [9.17, 15) is 14.6 Å². The molecule has 2 rings (SSSR count). The standard InChI is InChI=1S/C16H17FO3/c1-11(18)14-8-7-13(9-15(14)17)20-10-16(19)12-5-3-2-4-6-12/h2-9,11,16,18-19H,10H2,1H3/t11-,16?/m1/s1. The summed E-state index contributed by atoms with van der Waals surface area (Å²) in [6.45, 7) is 1.54. The number of ether oxygens (including phenoxy) is 1. The smallest absolute Gasteiger partial charge is 0.132 e. The van der Waals surface area contributed by atoms with Crippen LogP contribution in [-0.4, -0.2) is 16.8 Å². The molecule has 0 amide bonds. The third kappa shape index (κ3) is 3.56. The third-order valence-electron chi connectivity index (χ3n) is 3.01. The van der Waals surface area contributed by atoms with E-state index in [1.807, 2.05) is 18.2 Å². The van der Waals surface area contributed by atoms with Crippen LogP contribution in [0.4, 0.5) is 4.39 Å². The van der Waals surface area contributed by atoms with Gasteiger partial charge in [-0.1, -0.05) is 30.3 Å². The van der Waals surface area contributed by atoms with Crippen LogP contribution >= 0.6 is 0 Å². The zero-order valence-electron chi connectivity index (χ0n) is 11.2. The summed E-state index contributed by atoms with van der Waals surface area (Å²) in [5.41, 5.74) is 0.967. The van der Waals surface area contributed by atoms with E-state index in [1.165, 1.54) is 19.1 Å². The van der Waals surface area contributed by atoms with Crippen molar-refractivity contribution in [3.8, 4) is 5.75 Å². The molecule has 0 saturated carbocycles. The Balaban J connectivity index is 1.99. The topological polar surface area (TPSA) is 49.7 Å². The van der Waals surface area contributed by atoms with Gasteiger partial charge in [0.05, 0.1) is 6.10 Å². The van der Waals surface area contributed by atoms with E-state index >= 15 is 0 Å². The molecular formula is C16H17FO3. The lowest BCUT2D eigenvalue weighted by Gasteiger charge is -2.14. The Labute approximate surface area is 117 Å². The molecule has 0 fully saturated rings. The monoisotopic (exact) mass is 276 g/mol. The van der Waals surface area contributed by atoms with Crippen molar-refractivity contribution in [1.82, 2.24) is 0 Å². The maximum absolute atomic E-state index is 13.6. The first-order valence-corrected chi connectivity index (χ1v) is 6.41. The van der Waals surface area contributed by atoms with E-state index in [0.717, 1.165) is 5.56 Å². The van der Waals surface area contributed by atoms with Crippen LogP contribution in [0.3, 0.4) is 0 Å². The van der Waals surface area contributed by atoms with Crippen LogP contribution in [0.2, 0.25) is 0 Å². The number of aliphatic hydroxyl groups excluding tert-OH is 2. The van der Waals surface area contributed by atoms with Crippen LogP contribution in [0.15, 0.2) is 48.5 Å². The Hall–Kier alpha value is -1.91. The van der Waals surface area contributed by atoms with Crippen LogP contribution in [0, 0.1) is 5.82 Å². The molecule has 0 spiro atoms. The molecule has 0 aliphatic carbocycles. The minimum atomic E-state index is -0.862. The molecule has 2 N–H and O–H groups in total. The highest BCUT2D eigenvalue weighted by atomic mass is 19.1. The van der Waals surface area contributed by atoms with Crippen molar-refractivity contribution in [3.05, 3.63) is 65.5 Å². The highest BCUT2D eigenvalue weighted by Gasteiger charge is 2.11. The second kappa shape index (κ2) is 6.50. The molecule has 20 heavy (non-hydrogen) atoms. The van der Waals surface area contributed by atoms with Crippen molar-refractivity contribution >= 4 is 0 Å². The second-order valence-electron chi connectivity index (χ2n) is 4.60. The predicted octanol–water partition coefficient (Wildman–Crippen LogP) is 2.99. The van der Waals surface area contributed by atoms with Gasteiger partial charge in [-0.2, -0.15) is 0 Å². The summed E-state index contributed by atoms with van der Waals surface area (Å²) in [6, 6.07) is 13.4. The molecule has 0 saturated heterocycles. The Morgan fingerprint density at radius 3 is 2.40 bits per heavy atom. The fourth-order valence-corrected chi connectivity index (χ4v) is 1.88. The molecule has 2 atom stereocenters. The maximum Gasteiger partial charge on any atom is 0.132 e. The zero-order valence-corrected chi connectivity index (χ0v) is 11.2. The molecule has 0 aliphatic heterocycles. The first-order chi connectivity index (χ1) is 9.58. The summed E-state index contributed by atoms with van der Waals surface area (Å²) in [4.78, 5) is 0. The van der Waals surface area contributed by atoms with Gasteiger partial charge in [-0.15, -0.1) is 0 Å². The van der Waals surface area contributed by atoms with Gasteiger partial charge in [-0.3, -0.25) is 0 Å². The predicted molar refractivity (Wildman–Crippen MR) is 73.9 cm³/mol. The summed E-state index contributed by atoms with van der Waals surface area (Å²) in [6.07, 6.45) is -1.63. The van der Waals surface area contributed by atoms with Crippen molar-refractivity contribution in [2.75, 3.05) is 6.61 Å². The SMILES string of the molecule is C[C@@H](O)c1ccc(OCC(O)c2ccccc2)cc1F. The van der Waals surface area contributed by atoms with Crippen LogP contribution in [0.1, 0.15) is 30.3 Å². The summed E-state index contributed by atoms with van der Waals surface area (Å²) >= 11 is 0. The molecule has 0 aromatic heterocycles. The van der Waals surface area contributed by atoms with Crippen molar-refractivity contribution in [2.24, 2.45) is 0 Å². The minimum Gasteiger partial charge on any atom is -0.490 e. The average Bonchev–Trinajstić information content (AvgIpc) is 2.45. The number of halogens is 1. The van der Waals surface area contributed by atoms with Crippen LogP contribution in [-0.2, 0) is 0 Å². The zero-order chi connectivity index (χ0) is 14.5. The molecule has 4 heteroatoms. The first-order valence-electron chi connectivity index (χ1n) is 6.41. The van der Waals surface area contributed by atoms with E-state index < -0.39 is 18.0 Å². The van der Waals surface area contributed by atoms with Gasteiger partial charge in [-0.05, 0) is 24.6 Å². The van der Waals surface area contributed by atoms with Gasteiger partial charge in [0.15, 0.2) is 0 Å². The van der Waals surface area contributed by atoms with Gasteiger partial charge in [0.1, 0.15) is 24.3 Å². The number of aliphatic hydroxyl groups is 2. The Morgan fingerprint density at radius 2 is 1.80 bits per heavy atom. The summed E-state index contributed by atoms with van der Waals surface area (Å²) < 4.78 is 19.0. The van der Waals surface area contributed by atoms with Crippen LogP contribution < -0.4 is 4.74 Å². The van der Waals surface area contributed by atoms with Gasteiger partial charge >= 0.3 is 0 Å². The van der Waals surface area contributed by atoms with Gasteiger partial charge in [0.25, 0.3) is 0 Å². The van der Waals surface area contributed by atoms with Gasteiger partial charge in [0.2, 0.25) is 0 Å². The Bertz CT molecular complexity index is 555. The number of rotatable bonds is 5. The molecule has 106 valence electrons. The molecule has 2 aromatic rings. The Kier molecular flexibility index (Phi) is 4.71. The number of hydrogen-bond acceptors (Lipinski definition) is 3. The van der Waals surface area contributed by atoms with Crippen LogP contribution in [0.25, 0.3) is 0 Å². The highest BCUT2D eigenvalue weighted by molar-refractivity contribution is 5.30. The van der Waals surface area contributed by atoms with E-state index in [1.54, 1.807) is 18.2 Å². The third-order valence-corrected chi connectivity index (χ3v) is 3.01. The fourth-order valence-electron chi connectivity index (χ4n) is 1.88. The molecule has 2 aromatic carbocycles. The fraction of sp³-hybridized carbons (Fsp3) is 0.250. The van der Waals surface area contributed by atoms with Crippen molar-refractivity contribution in [1.29, 1.82) is 0 Å². The first kappa shape index (κ1) is 14.5. The molecular weight excluding hydrogens is 259 g/mol. The largest absolute Gasteiger partial charge is 0.490 e. The van der Waals surface area contributed by atoms with E-state index in [0.29, 0.717) is 5.75 Å². The van der Waals surface area contributed by atoms with E-state index in [-0.39, 0.29) is 12.2 Å². The molecule has 1 unspecified atom stereocenters. The van der Waals surface area contributed by atoms with E-state index in [4.69, 9.17) is 4.74 Å². The average molecular weight is 276 g/mol. The lowest BCUT2D eigenvalue weighted by atomic mass is 10.1. The number of benzene rings is 2. The minimum absolute atomic E-state index is 0.0392. The van der Waals surface area contributed by atoms with Gasteiger partial charge in [0, 0.05) is 11.6 Å². The number of hydrogen-bond donors (Lipinski definition) is 2. The van der Waals surface area contributed by atoms with Crippen molar-refractivity contribution < 1.29 is 19.3 Å². The van der Waals surface area contributed by atoms with E-state index in [2.05, 4.69) is 0 Å². The van der Waals surface area contributed by atoms with Gasteiger partial charge in [-0.25, -0.2) is 4.39 Å². The quantitative estimate of drug-likeness (QED) is 0.882. The molecule has 3 nitrogen and oxygen atoms in total. The maximum atomic E-state index is 13.6. The molecule has 0 aliphatic rings. The summed E-state index contributed by atoms with van der Waals surface area (Å²) in [7, 11) is 0. The lowest BCUT2D eigenvalue weighted by molar-refractivity contribution is 0.108. The molecule has 0 bridgehead atoms. The summed E-state index contributed by atoms with van der Waals surface area (Å²) in [5, 5.41) is 19.3. The highest BCUT2D eigenvalue weighted by Crippen LogP contribution is 2.22. The summed E-state index contributed by atoms with van der Waals surface area (Å²) in [5.74, 6) is -0.200. The second-order valence-corrected chi connectivity index (χ2v) is 4.60. The van der Waals surface area contributed by atoms with Crippen molar-refractivity contribution in [2.45, 2.75) is 19.1 Å². The van der Waals surface area contributed by atoms with Gasteiger partial charge < -0.3 is 14.9 Å². The Morgan fingerprint density at radius 1 is 1.10 bits per heavy atom. The normalized spacial score (nSPS) is 13.8. The van der Waals surface area contributed by atoms with Crippen LogP contribution in [0.5, 0.6) is 5.75 Å². The molecule has 0 heterocycles. The lowest BCUT2D eigenvalue weighted by Crippen LogP contribution is -2.09. The van der Waals surface area contributed by atoms with Crippen molar-refractivity contribution in [3.63, 3.8) is 0 Å². The molecule has 0 radical (unpaired) electrons.